The van der Waals surface area contributed by atoms with E-state index in [4.69, 9.17) is 4.74 Å². The van der Waals surface area contributed by atoms with Gasteiger partial charge < -0.3 is 14.7 Å². The summed E-state index contributed by atoms with van der Waals surface area (Å²) < 4.78 is 18.8. The molecule has 0 unspecified atom stereocenters. The molecule has 1 heterocycles. The average molecular weight is 383 g/mol. The van der Waals surface area contributed by atoms with Crippen LogP contribution >= 0.6 is 0 Å². The Morgan fingerprint density at radius 2 is 1.57 bits per heavy atom. The summed E-state index contributed by atoms with van der Waals surface area (Å²) in [5.74, 6) is -1.16. The Bertz CT molecular complexity index is 859. The lowest BCUT2D eigenvalue weighted by molar-refractivity contribution is -0.153. The quantitative estimate of drug-likeness (QED) is 0.864. The van der Waals surface area contributed by atoms with Crippen molar-refractivity contribution in [3.8, 4) is 11.1 Å². The highest BCUT2D eigenvalue weighted by Gasteiger charge is 2.43. The Kier molecular flexibility index (Phi) is 4.79. The molecule has 146 valence electrons. The van der Waals surface area contributed by atoms with Crippen LogP contribution in [0.3, 0.4) is 0 Å². The van der Waals surface area contributed by atoms with Gasteiger partial charge in [-0.1, -0.05) is 48.5 Å². The van der Waals surface area contributed by atoms with Gasteiger partial charge in [0.05, 0.1) is 5.41 Å². The number of alkyl halides is 1. The minimum absolute atomic E-state index is 0.0231. The number of ether oxygens (including phenoxy) is 1. The first-order valence-electron chi connectivity index (χ1n) is 9.45. The minimum atomic E-state index is -1.37. The van der Waals surface area contributed by atoms with E-state index in [1.165, 1.54) is 4.90 Å². The van der Waals surface area contributed by atoms with E-state index >= 15 is 0 Å². The number of likely N-dealkylation sites (tertiary alicyclic amines) is 1. The fraction of sp³-hybridized carbons (Fsp3) is 0.364. The van der Waals surface area contributed by atoms with Gasteiger partial charge in [0.25, 0.3) is 0 Å². The lowest BCUT2D eigenvalue weighted by Crippen LogP contribution is -2.48. The Balaban J connectivity index is 1.43. The van der Waals surface area contributed by atoms with Gasteiger partial charge in [-0.25, -0.2) is 9.18 Å². The van der Waals surface area contributed by atoms with Gasteiger partial charge in [-0.05, 0) is 35.1 Å². The van der Waals surface area contributed by atoms with Crippen LogP contribution in [0.25, 0.3) is 11.1 Å². The smallest absolute Gasteiger partial charge is 0.409 e. The van der Waals surface area contributed by atoms with Crippen molar-refractivity contribution in [2.45, 2.75) is 18.8 Å². The molecule has 1 aliphatic carbocycles. The Labute approximate surface area is 162 Å². The number of fused-ring (bicyclic) bond motifs is 3. The highest BCUT2D eigenvalue weighted by molar-refractivity contribution is 5.79. The number of hydrogen-bond donors (Lipinski definition) is 1. The molecule has 1 N–H and O–H groups in total. The second-order valence-electron chi connectivity index (χ2n) is 7.51. The van der Waals surface area contributed by atoms with Gasteiger partial charge in [-0.15, -0.1) is 0 Å². The normalized spacial score (nSPS) is 17.7. The van der Waals surface area contributed by atoms with Crippen LogP contribution in [0.1, 0.15) is 29.9 Å². The van der Waals surface area contributed by atoms with Crippen molar-refractivity contribution >= 4 is 12.1 Å². The molecular formula is C22H22FNO4. The molecule has 6 heteroatoms. The molecule has 1 saturated heterocycles. The fourth-order valence-electron chi connectivity index (χ4n) is 4.21. The number of carboxylic acid groups (broad SMARTS) is 1. The predicted molar refractivity (Wildman–Crippen MR) is 102 cm³/mol. The van der Waals surface area contributed by atoms with Gasteiger partial charge in [0.15, 0.2) is 0 Å². The highest BCUT2D eigenvalue weighted by Crippen LogP contribution is 2.44. The van der Waals surface area contributed by atoms with Crippen molar-refractivity contribution in [1.82, 2.24) is 4.90 Å². The van der Waals surface area contributed by atoms with Crippen LogP contribution in [0.5, 0.6) is 0 Å². The SMILES string of the molecule is O=C(OCC1c2ccccc2-c2ccccc21)N1CCC(CF)(C(=O)O)CC1. The molecule has 0 aromatic heterocycles. The number of carboxylic acids is 1. The second kappa shape index (κ2) is 7.26. The van der Waals surface area contributed by atoms with Crippen LogP contribution in [-0.4, -0.2) is 48.4 Å². The second-order valence-corrected chi connectivity index (χ2v) is 7.51. The van der Waals surface area contributed by atoms with Crippen LogP contribution in [0.4, 0.5) is 9.18 Å². The lowest BCUT2D eigenvalue weighted by atomic mass is 9.80. The number of rotatable bonds is 4. The summed E-state index contributed by atoms with van der Waals surface area (Å²) in [5, 5.41) is 9.27. The number of aliphatic carboxylic acids is 1. The van der Waals surface area contributed by atoms with Gasteiger partial charge in [-0.2, -0.15) is 0 Å². The molecule has 0 atom stereocenters. The number of piperidine rings is 1. The van der Waals surface area contributed by atoms with Crippen LogP contribution in [0.15, 0.2) is 48.5 Å². The van der Waals surface area contributed by atoms with Crippen LogP contribution in [0, 0.1) is 5.41 Å². The topological polar surface area (TPSA) is 66.8 Å². The third kappa shape index (κ3) is 3.03. The van der Waals surface area contributed by atoms with Gasteiger partial charge >= 0.3 is 12.1 Å². The van der Waals surface area contributed by atoms with Gasteiger partial charge in [0.1, 0.15) is 13.3 Å². The first-order chi connectivity index (χ1) is 13.6. The molecule has 0 bridgehead atoms. The van der Waals surface area contributed by atoms with E-state index in [2.05, 4.69) is 24.3 Å². The number of hydrogen-bond acceptors (Lipinski definition) is 3. The van der Waals surface area contributed by atoms with E-state index in [-0.39, 0.29) is 38.5 Å². The summed E-state index contributed by atoms with van der Waals surface area (Å²) in [5.41, 5.74) is 3.22. The number of nitrogens with zero attached hydrogens (tertiary/aromatic N) is 1. The van der Waals surface area contributed by atoms with E-state index in [1.54, 1.807) is 0 Å². The molecule has 28 heavy (non-hydrogen) atoms. The van der Waals surface area contributed by atoms with E-state index < -0.39 is 24.2 Å². The number of benzene rings is 2. The van der Waals surface area contributed by atoms with Gasteiger partial charge in [0, 0.05) is 19.0 Å². The van der Waals surface area contributed by atoms with Crippen molar-refractivity contribution in [3.63, 3.8) is 0 Å². The highest BCUT2D eigenvalue weighted by atomic mass is 19.1. The molecule has 1 fully saturated rings. The van der Waals surface area contributed by atoms with Crippen molar-refractivity contribution in [2.75, 3.05) is 26.4 Å². The summed E-state index contributed by atoms with van der Waals surface area (Å²) in [7, 11) is 0. The zero-order chi connectivity index (χ0) is 19.7. The summed E-state index contributed by atoms with van der Waals surface area (Å²) in [6.45, 7) is -0.322. The lowest BCUT2D eigenvalue weighted by Gasteiger charge is -2.36. The van der Waals surface area contributed by atoms with E-state index in [0.717, 1.165) is 22.3 Å². The molecule has 1 amide bonds. The number of carbonyl (C=O) groups is 2. The summed E-state index contributed by atoms with van der Waals surface area (Å²) >= 11 is 0. The molecule has 4 rings (SSSR count). The van der Waals surface area contributed by atoms with E-state index in [0.29, 0.717) is 0 Å². The summed E-state index contributed by atoms with van der Waals surface area (Å²) in [6, 6.07) is 16.2. The Morgan fingerprint density at radius 1 is 1.04 bits per heavy atom. The first-order valence-corrected chi connectivity index (χ1v) is 9.45. The maximum absolute atomic E-state index is 13.2. The molecule has 5 nitrogen and oxygen atoms in total. The molecule has 0 spiro atoms. The molecule has 0 saturated carbocycles. The summed E-state index contributed by atoms with van der Waals surface area (Å²) in [6.07, 6.45) is -0.272. The maximum Gasteiger partial charge on any atom is 0.409 e. The van der Waals surface area contributed by atoms with Crippen LogP contribution in [0.2, 0.25) is 0 Å². The van der Waals surface area contributed by atoms with Crippen LogP contribution in [-0.2, 0) is 9.53 Å². The molecule has 2 aromatic carbocycles. The van der Waals surface area contributed by atoms with Crippen molar-refractivity contribution < 1.29 is 23.8 Å². The van der Waals surface area contributed by atoms with E-state index in [9.17, 15) is 19.1 Å². The average Bonchev–Trinajstić information content (AvgIpc) is 3.06. The van der Waals surface area contributed by atoms with Crippen molar-refractivity contribution in [1.29, 1.82) is 0 Å². The zero-order valence-electron chi connectivity index (χ0n) is 15.4. The molecule has 2 aliphatic rings. The fourth-order valence-corrected chi connectivity index (χ4v) is 4.21. The van der Waals surface area contributed by atoms with Crippen molar-refractivity contribution in [2.24, 2.45) is 5.41 Å². The number of halogens is 1. The maximum atomic E-state index is 13.2. The van der Waals surface area contributed by atoms with Gasteiger partial charge in [0.2, 0.25) is 0 Å². The Morgan fingerprint density at radius 3 is 2.07 bits per heavy atom. The minimum Gasteiger partial charge on any atom is -0.481 e. The molecule has 2 aromatic rings. The Hall–Kier alpha value is -2.89. The monoisotopic (exact) mass is 383 g/mol. The third-order valence-electron chi connectivity index (χ3n) is 6.02. The number of amides is 1. The summed E-state index contributed by atoms with van der Waals surface area (Å²) in [4.78, 5) is 25.3. The predicted octanol–water partition coefficient (Wildman–Crippen LogP) is 4.07. The zero-order valence-corrected chi connectivity index (χ0v) is 15.4. The van der Waals surface area contributed by atoms with Gasteiger partial charge in [-0.3, -0.25) is 4.79 Å². The van der Waals surface area contributed by atoms with E-state index in [1.807, 2.05) is 24.3 Å². The van der Waals surface area contributed by atoms with Crippen molar-refractivity contribution in [3.05, 3.63) is 59.7 Å². The molecular weight excluding hydrogens is 361 g/mol. The third-order valence-corrected chi connectivity index (χ3v) is 6.02. The molecule has 1 aliphatic heterocycles. The number of carbonyl (C=O) groups excluding carboxylic acids is 1. The largest absolute Gasteiger partial charge is 0.481 e. The molecule has 0 radical (unpaired) electrons. The standard InChI is InChI=1S/C22H22FNO4/c23-14-22(20(25)26)9-11-24(12-10-22)21(27)28-13-19-17-7-3-1-5-15(17)16-6-2-4-8-18(16)19/h1-8,19H,9-14H2,(H,25,26). The van der Waals surface area contributed by atoms with Crippen LogP contribution < -0.4 is 0 Å². The first kappa shape index (κ1) is 18.5.